The van der Waals surface area contributed by atoms with Crippen LogP contribution in [0.25, 0.3) is 31.3 Å². The van der Waals surface area contributed by atoms with Crippen LogP contribution in [0.4, 0.5) is 45.5 Å². The van der Waals surface area contributed by atoms with Gasteiger partial charge in [-0.3, -0.25) is 0 Å². The molecule has 0 bridgehead atoms. The zero-order chi connectivity index (χ0) is 50.6. The van der Waals surface area contributed by atoms with Crippen molar-refractivity contribution < 1.29 is 0 Å². The van der Waals surface area contributed by atoms with Crippen LogP contribution in [0, 0.1) is 0 Å². The Morgan fingerprint density at radius 1 is 0.466 bits per heavy atom. The van der Waals surface area contributed by atoms with E-state index in [-0.39, 0.29) is 33.9 Å². The van der Waals surface area contributed by atoms with Crippen molar-refractivity contribution in [3.05, 3.63) is 186 Å². The van der Waals surface area contributed by atoms with Crippen molar-refractivity contribution in [3.63, 3.8) is 0 Å². The third-order valence-electron chi connectivity index (χ3n) is 17.9. The number of hydrogen-bond donors (Lipinski definition) is 0. The third kappa shape index (κ3) is 6.83. The van der Waals surface area contributed by atoms with E-state index in [1.807, 2.05) is 11.3 Å². The van der Waals surface area contributed by atoms with Gasteiger partial charge in [0, 0.05) is 60.6 Å². The van der Waals surface area contributed by atoms with E-state index in [1.54, 1.807) is 0 Å². The van der Waals surface area contributed by atoms with Gasteiger partial charge in [0.2, 0.25) is 0 Å². The zero-order valence-electron chi connectivity index (χ0n) is 44.7. The largest absolute Gasteiger partial charge is 0.334 e. The Kier molecular flexibility index (Phi) is 10.1. The Labute approximate surface area is 438 Å². The predicted molar refractivity (Wildman–Crippen MR) is 318 cm³/mol. The summed E-state index contributed by atoms with van der Waals surface area (Å²) in [5, 5.41) is 2.63. The van der Waals surface area contributed by atoms with Gasteiger partial charge >= 0.3 is 0 Å². The van der Waals surface area contributed by atoms with Crippen LogP contribution < -0.4 is 31.1 Å². The molecule has 1 aliphatic carbocycles. The van der Waals surface area contributed by atoms with Crippen LogP contribution in [0.1, 0.15) is 124 Å². The first-order valence-corrected chi connectivity index (χ1v) is 27.7. The summed E-state index contributed by atoms with van der Waals surface area (Å²) in [5.74, 6) is 0. The highest BCUT2D eigenvalue weighted by Gasteiger charge is 2.58. The smallest absolute Gasteiger partial charge is 0.252 e. The maximum Gasteiger partial charge on any atom is 0.252 e. The molecule has 0 amide bonds. The van der Waals surface area contributed by atoms with Crippen LogP contribution in [0.2, 0.25) is 0 Å². The minimum absolute atomic E-state index is 0.00522. The molecule has 0 spiro atoms. The highest BCUT2D eigenvalue weighted by molar-refractivity contribution is 7.26. The first-order valence-electron chi connectivity index (χ1n) is 26.9. The van der Waals surface area contributed by atoms with Crippen LogP contribution in [0.3, 0.4) is 0 Å². The van der Waals surface area contributed by atoms with Crippen LogP contribution in [-0.4, -0.2) is 12.3 Å². The summed E-state index contributed by atoms with van der Waals surface area (Å²) in [7, 11) is 0. The normalized spacial score (nSPS) is 19.2. The SMILES string of the molecule is CC(C)(C)c1ccc2c(c1)B1c3cc(C(C)(C)C)ccc3N(c3cccc4c3sc3ccccc34)c3cc(N4c5ccccc5C5(C)CCCCC45C)cc(c31)N2c1ccc(C(C)(C)C)cc1-c1ccccc1. The van der Waals surface area contributed by atoms with E-state index < -0.39 is 0 Å². The molecule has 3 aliphatic heterocycles. The highest BCUT2D eigenvalue weighted by atomic mass is 32.1. The van der Waals surface area contributed by atoms with Crippen molar-refractivity contribution in [1.82, 2.24) is 0 Å². The van der Waals surface area contributed by atoms with E-state index >= 15 is 0 Å². The van der Waals surface area contributed by atoms with E-state index in [9.17, 15) is 0 Å². The molecule has 364 valence electrons. The number of hydrogen-bond acceptors (Lipinski definition) is 4. The third-order valence-corrected chi connectivity index (χ3v) is 19.1. The minimum atomic E-state index is -0.137. The van der Waals surface area contributed by atoms with Crippen molar-refractivity contribution in [2.45, 2.75) is 129 Å². The number of fused-ring (bicyclic) bond motifs is 10. The molecule has 13 rings (SSSR count). The molecule has 0 radical (unpaired) electrons. The predicted octanol–water partition coefficient (Wildman–Crippen LogP) is 17.4. The van der Waals surface area contributed by atoms with Crippen LogP contribution >= 0.6 is 11.3 Å². The number of benzene rings is 8. The minimum Gasteiger partial charge on any atom is -0.334 e. The monoisotopic (exact) mass is 970 g/mol. The van der Waals surface area contributed by atoms with Gasteiger partial charge in [0.15, 0.2) is 0 Å². The summed E-state index contributed by atoms with van der Waals surface area (Å²) >= 11 is 1.93. The summed E-state index contributed by atoms with van der Waals surface area (Å²) in [6, 6.07) is 64.1. The topological polar surface area (TPSA) is 9.72 Å². The fraction of sp³-hybridized carbons (Fsp3) is 0.294. The maximum absolute atomic E-state index is 2.81. The summed E-state index contributed by atoms with van der Waals surface area (Å²) in [4.78, 5) is 8.19. The average Bonchev–Trinajstić information content (AvgIpc) is 3.85. The molecule has 8 aromatic carbocycles. The van der Waals surface area contributed by atoms with Gasteiger partial charge in [0.05, 0.1) is 21.6 Å². The Bertz CT molecular complexity index is 3710. The second-order valence-electron chi connectivity index (χ2n) is 25.3. The van der Waals surface area contributed by atoms with Crippen LogP contribution in [-0.2, 0) is 21.7 Å². The average molecular weight is 970 g/mol. The van der Waals surface area contributed by atoms with Gasteiger partial charge in [-0.1, -0.05) is 191 Å². The lowest BCUT2D eigenvalue weighted by atomic mass is 9.33. The molecule has 1 saturated carbocycles. The molecule has 2 unspecified atom stereocenters. The number of thiophene rings is 1. The summed E-state index contributed by atoms with van der Waals surface area (Å²) < 4.78 is 2.64. The number of nitrogens with zero attached hydrogens (tertiary/aromatic N) is 3. The molecule has 0 saturated heterocycles. The molecule has 4 heterocycles. The standard InChI is InChI=1S/C68H68BN3S/c1-64(2,3)44-30-33-54(50(38-44)43-22-13-12-14-23-43)70-56-34-31-45(65(4,5)6)39-52(56)69-53-40-46(66(7,8)9)32-35-57(53)71(58-28-21-25-49-48-24-15-18-29-61(48)73-63(49)58)60-42-47(41-59(70)62(60)69)72-55-27-17-16-26-51(55)67(10)36-19-20-37-68(67,72)11/h12-18,21-35,38-42H,19-20,36-37H2,1-11H3. The maximum atomic E-state index is 2.81. The van der Waals surface area contributed by atoms with Crippen molar-refractivity contribution >= 4 is 100 Å². The fourth-order valence-corrected chi connectivity index (χ4v) is 14.8. The Balaban J connectivity index is 1.20. The van der Waals surface area contributed by atoms with Gasteiger partial charge in [-0.15, -0.1) is 11.3 Å². The molecule has 0 N–H and O–H groups in total. The van der Waals surface area contributed by atoms with E-state index in [0.717, 1.165) is 6.42 Å². The molecule has 9 aromatic rings. The highest BCUT2D eigenvalue weighted by Crippen LogP contribution is 2.62. The van der Waals surface area contributed by atoms with Crippen molar-refractivity contribution in [2.24, 2.45) is 0 Å². The molecule has 1 fully saturated rings. The molecular weight excluding hydrogens is 902 g/mol. The van der Waals surface area contributed by atoms with Crippen LogP contribution in [0.15, 0.2) is 164 Å². The quantitative estimate of drug-likeness (QED) is 0.163. The lowest BCUT2D eigenvalue weighted by Crippen LogP contribution is -2.62. The van der Waals surface area contributed by atoms with Crippen molar-refractivity contribution in [3.8, 4) is 11.1 Å². The number of para-hydroxylation sites is 1. The zero-order valence-corrected chi connectivity index (χ0v) is 45.6. The van der Waals surface area contributed by atoms with Gasteiger partial charge in [-0.05, 0) is 135 Å². The second kappa shape index (κ2) is 16.0. The number of anilines is 8. The van der Waals surface area contributed by atoms with Crippen molar-refractivity contribution in [1.29, 1.82) is 0 Å². The molecule has 3 nitrogen and oxygen atoms in total. The van der Waals surface area contributed by atoms with Crippen LogP contribution in [0.5, 0.6) is 0 Å². The van der Waals surface area contributed by atoms with E-state index in [1.165, 1.54) is 135 Å². The summed E-state index contributed by atoms with van der Waals surface area (Å²) in [6.07, 6.45) is 4.78. The van der Waals surface area contributed by atoms with Gasteiger partial charge in [-0.25, -0.2) is 0 Å². The molecule has 4 aliphatic rings. The molecular formula is C68H68BN3S. The Hall–Kier alpha value is -6.56. The first-order chi connectivity index (χ1) is 34.8. The first kappa shape index (κ1) is 46.2. The molecule has 2 atom stereocenters. The van der Waals surface area contributed by atoms with Gasteiger partial charge in [0.25, 0.3) is 6.71 Å². The molecule has 5 heteroatoms. The van der Waals surface area contributed by atoms with Gasteiger partial charge in [-0.2, -0.15) is 0 Å². The number of rotatable bonds is 4. The fourth-order valence-electron chi connectivity index (χ4n) is 13.6. The Morgan fingerprint density at radius 2 is 1.00 bits per heavy atom. The van der Waals surface area contributed by atoms with E-state index in [2.05, 4.69) is 255 Å². The summed E-state index contributed by atoms with van der Waals surface area (Å²) in [6.45, 7) is 26.4. The second-order valence-corrected chi connectivity index (χ2v) is 26.4. The summed E-state index contributed by atoms with van der Waals surface area (Å²) in [5.41, 5.74) is 21.8. The van der Waals surface area contributed by atoms with E-state index in [0.29, 0.717) is 0 Å². The van der Waals surface area contributed by atoms with Gasteiger partial charge in [0.1, 0.15) is 0 Å². The van der Waals surface area contributed by atoms with E-state index in [4.69, 9.17) is 0 Å². The molecule has 1 aromatic heterocycles. The molecule has 73 heavy (non-hydrogen) atoms. The van der Waals surface area contributed by atoms with Crippen molar-refractivity contribution in [2.75, 3.05) is 14.7 Å². The lowest BCUT2D eigenvalue weighted by molar-refractivity contribution is 0.195. The lowest BCUT2D eigenvalue weighted by Gasteiger charge is -2.51. The van der Waals surface area contributed by atoms with Gasteiger partial charge < -0.3 is 14.7 Å². The Morgan fingerprint density at radius 3 is 1.66 bits per heavy atom.